The van der Waals surface area contributed by atoms with Gasteiger partial charge in [-0.1, -0.05) is 126 Å². The Morgan fingerprint density at radius 3 is 1.53 bits per heavy atom. The molecule has 246 valence electrons. The molecule has 0 spiro atoms. The Kier molecular flexibility index (Phi) is 5.98. The van der Waals surface area contributed by atoms with Crippen molar-refractivity contribution in [2.24, 2.45) is 0 Å². The van der Waals surface area contributed by atoms with Gasteiger partial charge in [-0.2, -0.15) is 15.0 Å². The normalized spacial score (nSPS) is 12.9. The first-order valence-corrected chi connectivity index (χ1v) is 18.6. The van der Waals surface area contributed by atoms with E-state index in [0.717, 1.165) is 65.6 Å². The van der Waals surface area contributed by atoms with Crippen molar-refractivity contribution in [1.82, 2.24) is 24.1 Å². The smallest absolute Gasteiger partial charge is 0.253 e. The van der Waals surface area contributed by atoms with Gasteiger partial charge in [0.1, 0.15) is 11.5 Å². The lowest BCUT2D eigenvalue weighted by atomic mass is 9.35. The number of rotatable bonds is 3. The first-order chi connectivity index (χ1) is 26.3. The highest BCUT2D eigenvalue weighted by Gasteiger charge is 2.39. The van der Waals surface area contributed by atoms with E-state index in [1.54, 1.807) is 11.8 Å². The molecule has 10 aromatic rings. The van der Waals surface area contributed by atoms with Gasteiger partial charge in [-0.15, -0.1) is 0 Å². The highest BCUT2D eigenvalue weighted by Crippen LogP contribution is 2.40. The maximum absolute atomic E-state index is 6.74. The molecule has 0 bridgehead atoms. The van der Waals surface area contributed by atoms with E-state index in [4.69, 9.17) is 19.7 Å². The second kappa shape index (κ2) is 10.9. The molecule has 12 rings (SSSR count). The van der Waals surface area contributed by atoms with Crippen molar-refractivity contribution in [2.45, 2.75) is 9.79 Å². The summed E-state index contributed by atoms with van der Waals surface area (Å²) in [5.41, 5.74) is 8.69. The largest absolute Gasteiger partial charge is 0.458 e. The lowest BCUT2D eigenvalue weighted by Gasteiger charge is -2.33. The van der Waals surface area contributed by atoms with Crippen LogP contribution < -0.4 is 21.1 Å². The van der Waals surface area contributed by atoms with Gasteiger partial charge in [-0.05, 0) is 59.5 Å². The Labute approximate surface area is 308 Å². The summed E-state index contributed by atoms with van der Waals surface area (Å²) in [6, 6.07) is 55.3. The molecule has 6 nitrogen and oxygen atoms in total. The lowest BCUT2D eigenvalue weighted by molar-refractivity contribution is 0.486. The van der Waals surface area contributed by atoms with Crippen molar-refractivity contribution in [3.63, 3.8) is 0 Å². The fraction of sp³-hybridized carbons (Fsp3) is 0. The molecule has 3 aromatic heterocycles. The fourth-order valence-electron chi connectivity index (χ4n) is 8.48. The Balaban J connectivity index is 1.16. The maximum atomic E-state index is 6.74. The Bertz CT molecular complexity index is 2860. The SMILES string of the molecule is c1ccc2c(c1)Oc1cc(-c3nc(-n4c5ccccc5c5ccccc54)nc(-n4c5ccccc5c5ccccc54)n3)cc3c1B2c1ccccc1S3. The predicted molar refractivity (Wildman–Crippen MR) is 216 cm³/mol. The van der Waals surface area contributed by atoms with Crippen molar-refractivity contribution in [1.29, 1.82) is 0 Å². The molecule has 0 radical (unpaired) electrons. The van der Waals surface area contributed by atoms with Crippen LogP contribution in [0.15, 0.2) is 168 Å². The summed E-state index contributed by atoms with van der Waals surface area (Å²) < 4.78 is 11.1. The van der Waals surface area contributed by atoms with E-state index in [1.807, 2.05) is 6.07 Å². The molecule has 2 aliphatic rings. The second-order valence-corrected chi connectivity index (χ2v) is 14.7. The van der Waals surface area contributed by atoms with Crippen LogP contribution in [0.3, 0.4) is 0 Å². The van der Waals surface area contributed by atoms with Crippen molar-refractivity contribution >= 4 is 78.5 Å². The summed E-state index contributed by atoms with van der Waals surface area (Å²) in [5.74, 6) is 3.39. The van der Waals surface area contributed by atoms with E-state index in [2.05, 4.69) is 161 Å². The molecule has 0 fully saturated rings. The van der Waals surface area contributed by atoms with Gasteiger partial charge in [0.25, 0.3) is 6.71 Å². The van der Waals surface area contributed by atoms with E-state index in [0.29, 0.717) is 17.7 Å². The minimum absolute atomic E-state index is 0.0798. The second-order valence-electron chi connectivity index (χ2n) is 13.6. The van der Waals surface area contributed by atoms with Gasteiger partial charge in [-0.25, -0.2) is 0 Å². The Morgan fingerprint density at radius 1 is 0.453 bits per heavy atom. The Morgan fingerprint density at radius 2 is 0.943 bits per heavy atom. The zero-order valence-electron chi connectivity index (χ0n) is 28.1. The molecule has 0 saturated heterocycles. The molecule has 53 heavy (non-hydrogen) atoms. The molecule has 0 unspecified atom stereocenters. The number of aromatic nitrogens is 5. The molecule has 7 aromatic carbocycles. The molecule has 0 saturated carbocycles. The predicted octanol–water partition coefficient (Wildman–Crippen LogP) is 8.82. The van der Waals surface area contributed by atoms with Crippen LogP contribution in [0.4, 0.5) is 0 Å². The third-order valence-corrected chi connectivity index (χ3v) is 11.9. The average molecular weight is 696 g/mol. The molecule has 0 aliphatic carbocycles. The van der Waals surface area contributed by atoms with E-state index in [-0.39, 0.29) is 6.71 Å². The van der Waals surface area contributed by atoms with E-state index < -0.39 is 0 Å². The molecular formula is C45H26BN5OS. The third kappa shape index (κ3) is 4.15. The van der Waals surface area contributed by atoms with E-state index in [1.165, 1.54) is 21.3 Å². The summed E-state index contributed by atoms with van der Waals surface area (Å²) >= 11 is 1.78. The number of nitrogens with zero attached hydrogens (tertiary/aromatic N) is 5. The third-order valence-electron chi connectivity index (χ3n) is 10.7. The van der Waals surface area contributed by atoms with Crippen LogP contribution in [-0.2, 0) is 0 Å². The summed E-state index contributed by atoms with van der Waals surface area (Å²) in [7, 11) is 0. The Hall–Kier alpha value is -6.64. The number of ether oxygens (including phenoxy) is 1. The van der Waals surface area contributed by atoms with Crippen LogP contribution in [-0.4, -0.2) is 30.8 Å². The van der Waals surface area contributed by atoms with Crippen LogP contribution in [0.25, 0.3) is 66.9 Å². The topological polar surface area (TPSA) is 57.8 Å². The zero-order chi connectivity index (χ0) is 34.6. The number of hydrogen-bond donors (Lipinski definition) is 0. The molecular weight excluding hydrogens is 669 g/mol. The highest BCUT2D eigenvalue weighted by molar-refractivity contribution is 8.00. The molecule has 0 N–H and O–H groups in total. The molecule has 8 heteroatoms. The number of para-hydroxylation sites is 5. The highest BCUT2D eigenvalue weighted by atomic mass is 32.2. The molecule has 0 atom stereocenters. The first kappa shape index (κ1) is 29.0. The number of fused-ring (bicyclic) bond motifs is 10. The maximum Gasteiger partial charge on any atom is 0.253 e. The quantitative estimate of drug-likeness (QED) is 0.173. The fourth-order valence-corrected chi connectivity index (χ4v) is 9.68. The van der Waals surface area contributed by atoms with E-state index in [9.17, 15) is 0 Å². The van der Waals surface area contributed by atoms with Gasteiger partial charge in [0.05, 0.1) is 22.1 Å². The van der Waals surface area contributed by atoms with Crippen molar-refractivity contribution < 1.29 is 4.74 Å². The van der Waals surface area contributed by atoms with Gasteiger partial charge in [0.2, 0.25) is 11.9 Å². The summed E-state index contributed by atoms with van der Waals surface area (Å²) in [4.78, 5) is 18.4. The number of hydrogen-bond acceptors (Lipinski definition) is 5. The summed E-state index contributed by atoms with van der Waals surface area (Å²) in [6.45, 7) is 0.0798. The van der Waals surface area contributed by atoms with Crippen LogP contribution in [0, 0.1) is 0 Å². The van der Waals surface area contributed by atoms with Crippen LogP contribution >= 0.6 is 11.8 Å². The molecule has 5 heterocycles. The zero-order valence-corrected chi connectivity index (χ0v) is 29.0. The summed E-state index contributed by atoms with van der Waals surface area (Å²) in [5, 5.41) is 4.59. The van der Waals surface area contributed by atoms with Crippen molar-refractivity contribution in [3.05, 3.63) is 158 Å². The minimum Gasteiger partial charge on any atom is -0.458 e. The van der Waals surface area contributed by atoms with Gasteiger partial charge < -0.3 is 4.74 Å². The van der Waals surface area contributed by atoms with Crippen LogP contribution in [0.2, 0.25) is 0 Å². The molecule has 2 aliphatic heterocycles. The standard InChI is InChI=1S/C45H26BN5OS/c1-7-19-34-28(13-1)29-14-2-8-20-35(29)50(34)44-47-43(48-45(49-44)51-36-21-9-3-15-30(36)31-16-4-10-22-37(31)51)27-25-39-42-41(26-27)53-40-24-12-6-18-33(40)46(42)32-17-5-11-23-38(32)52-39/h1-26H. The van der Waals surface area contributed by atoms with Crippen LogP contribution in [0.1, 0.15) is 0 Å². The first-order valence-electron chi connectivity index (χ1n) is 17.7. The van der Waals surface area contributed by atoms with Gasteiger partial charge >= 0.3 is 0 Å². The van der Waals surface area contributed by atoms with Crippen LogP contribution in [0.5, 0.6) is 11.5 Å². The van der Waals surface area contributed by atoms with Crippen molar-refractivity contribution in [3.8, 4) is 34.8 Å². The van der Waals surface area contributed by atoms with E-state index >= 15 is 0 Å². The minimum atomic E-state index is 0.0798. The van der Waals surface area contributed by atoms with Crippen molar-refractivity contribution in [2.75, 3.05) is 0 Å². The lowest BCUT2D eigenvalue weighted by Crippen LogP contribution is -2.57. The average Bonchev–Trinajstić information content (AvgIpc) is 3.74. The summed E-state index contributed by atoms with van der Waals surface area (Å²) in [6.07, 6.45) is 0. The molecule has 0 amide bonds. The van der Waals surface area contributed by atoms with Gasteiger partial charge in [0.15, 0.2) is 5.82 Å². The number of benzene rings is 7. The van der Waals surface area contributed by atoms with Gasteiger partial charge in [-0.3, -0.25) is 9.13 Å². The monoisotopic (exact) mass is 695 g/mol. The van der Waals surface area contributed by atoms with Gasteiger partial charge in [0, 0.05) is 36.9 Å².